The molecule has 1 unspecified atom stereocenters. The lowest BCUT2D eigenvalue weighted by molar-refractivity contribution is 0.150. The minimum absolute atomic E-state index is 0.372. The zero-order valence-corrected chi connectivity index (χ0v) is 14.4. The first-order valence-corrected chi connectivity index (χ1v) is 8.28. The first-order chi connectivity index (χ1) is 9.03. The van der Waals surface area contributed by atoms with E-state index in [0.29, 0.717) is 11.6 Å². The Kier molecular flexibility index (Phi) is 5.26. The molecule has 1 fully saturated rings. The van der Waals surface area contributed by atoms with Crippen molar-refractivity contribution < 1.29 is 0 Å². The average molecular weight is 372 g/mol. The Morgan fingerprint density at radius 3 is 2.32 bits per heavy atom. The normalized spacial score (nSPS) is 19.8. The molecule has 1 atom stereocenters. The van der Waals surface area contributed by atoms with Crippen LogP contribution in [0.2, 0.25) is 0 Å². The molecule has 1 aliphatic rings. The highest BCUT2D eigenvalue weighted by Crippen LogP contribution is 2.33. The molecule has 2 nitrogen and oxygen atoms in total. The monoisotopic (exact) mass is 372 g/mol. The quantitative estimate of drug-likeness (QED) is 0.791. The van der Waals surface area contributed by atoms with E-state index in [1.807, 2.05) is 0 Å². The van der Waals surface area contributed by atoms with Gasteiger partial charge in [-0.2, -0.15) is 0 Å². The molecule has 0 aliphatic heterocycles. The fraction of sp³-hybridized carbons (Fsp3) is 0.625. The van der Waals surface area contributed by atoms with Gasteiger partial charge in [0.25, 0.3) is 0 Å². The predicted molar refractivity (Wildman–Crippen MR) is 90.5 cm³/mol. The van der Waals surface area contributed by atoms with Crippen molar-refractivity contribution in [3.8, 4) is 0 Å². The van der Waals surface area contributed by atoms with Crippen molar-refractivity contribution in [2.45, 2.75) is 44.2 Å². The largest absolute Gasteiger partial charge is 0.308 e. The predicted octanol–water partition coefficient (Wildman–Crippen LogP) is 3.82. The molecule has 1 aromatic carbocycles. The summed E-state index contributed by atoms with van der Waals surface area (Å²) in [5.74, 6) is 0. The summed E-state index contributed by atoms with van der Waals surface area (Å²) in [5.41, 5.74) is 1.75. The molecule has 0 radical (unpaired) electrons. The van der Waals surface area contributed by atoms with Crippen molar-refractivity contribution in [3.63, 3.8) is 0 Å². The number of benzene rings is 1. The van der Waals surface area contributed by atoms with E-state index >= 15 is 0 Å². The first kappa shape index (κ1) is 15.3. The van der Waals surface area contributed by atoms with Crippen molar-refractivity contribution >= 4 is 22.6 Å². The summed E-state index contributed by atoms with van der Waals surface area (Å²) >= 11 is 2.36. The van der Waals surface area contributed by atoms with Crippen molar-refractivity contribution in [2.24, 2.45) is 0 Å². The molecule has 3 heteroatoms. The van der Waals surface area contributed by atoms with E-state index < -0.39 is 0 Å². The van der Waals surface area contributed by atoms with Gasteiger partial charge in [-0.3, -0.25) is 0 Å². The van der Waals surface area contributed by atoms with Crippen LogP contribution in [0, 0.1) is 3.57 Å². The van der Waals surface area contributed by atoms with Crippen LogP contribution in [0.3, 0.4) is 0 Å². The SMILES string of the molecule is CC(NCC1(N(C)C)CCCC1)c1ccc(I)cc1. The van der Waals surface area contributed by atoms with Crippen LogP contribution in [0.4, 0.5) is 0 Å². The second-order valence-corrected chi connectivity index (χ2v) is 7.23. The molecule has 106 valence electrons. The van der Waals surface area contributed by atoms with Crippen molar-refractivity contribution in [2.75, 3.05) is 20.6 Å². The van der Waals surface area contributed by atoms with Crippen LogP contribution in [0.25, 0.3) is 0 Å². The van der Waals surface area contributed by atoms with Gasteiger partial charge in [0, 0.05) is 21.7 Å². The van der Waals surface area contributed by atoms with Crippen LogP contribution in [0.15, 0.2) is 24.3 Å². The molecule has 1 N–H and O–H groups in total. The van der Waals surface area contributed by atoms with E-state index in [1.165, 1.54) is 34.8 Å². The van der Waals surface area contributed by atoms with Gasteiger partial charge in [-0.05, 0) is 74.1 Å². The summed E-state index contributed by atoms with van der Waals surface area (Å²) in [6.07, 6.45) is 5.40. The fourth-order valence-electron chi connectivity index (χ4n) is 3.03. The molecular formula is C16H25IN2. The van der Waals surface area contributed by atoms with Gasteiger partial charge in [-0.15, -0.1) is 0 Å². The van der Waals surface area contributed by atoms with Crippen LogP contribution < -0.4 is 5.32 Å². The Morgan fingerprint density at radius 1 is 1.21 bits per heavy atom. The topological polar surface area (TPSA) is 15.3 Å². The Labute approximate surface area is 131 Å². The van der Waals surface area contributed by atoms with E-state index in [0.717, 1.165) is 6.54 Å². The lowest BCUT2D eigenvalue weighted by atomic mass is 9.95. The average Bonchev–Trinajstić information content (AvgIpc) is 2.87. The van der Waals surface area contributed by atoms with Gasteiger partial charge >= 0.3 is 0 Å². The van der Waals surface area contributed by atoms with Gasteiger partial charge < -0.3 is 10.2 Å². The summed E-state index contributed by atoms with van der Waals surface area (Å²) in [7, 11) is 4.45. The third-order valence-electron chi connectivity index (χ3n) is 4.59. The van der Waals surface area contributed by atoms with E-state index in [4.69, 9.17) is 0 Å². The van der Waals surface area contributed by atoms with Gasteiger partial charge in [-0.1, -0.05) is 25.0 Å². The Morgan fingerprint density at radius 2 is 1.79 bits per heavy atom. The zero-order valence-electron chi connectivity index (χ0n) is 12.2. The second kappa shape index (κ2) is 6.55. The number of likely N-dealkylation sites (N-methyl/N-ethyl adjacent to an activating group) is 1. The molecule has 19 heavy (non-hydrogen) atoms. The maximum atomic E-state index is 3.74. The molecule has 1 aliphatic carbocycles. The minimum atomic E-state index is 0.372. The third kappa shape index (κ3) is 3.70. The van der Waals surface area contributed by atoms with Gasteiger partial charge in [0.1, 0.15) is 0 Å². The lowest BCUT2D eigenvalue weighted by Gasteiger charge is -2.37. The van der Waals surface area contributed by atoms with Crippen molar-refractivity contribution in [3.05, 3.63) is 33.4 Å². The number of nitrogens with zero attached hydrogens (tertiary/aromatic N) is 1. The molecule has 0 bridgehead atoms. The summed E-state index contributed by atoms with van der Waals surface area (Å²) in [4.78, 5) is 2.42. The summed E-state index contributed by atoms with van der Waals surface area (Å²) in [5, 5.41) is 3.74. The molecule has 0 spiro atoms. The van der Waals surface area contributed by atoms with Crippen molar-refractivity contribution in [1.82, 2.24) is 10.2 Å². The van der Waals surface area contributed by atoms with Crippen LogP contribution in [0.5, 0.6) is 0 Å². The van der Waals surface area contributed by atoms with Gasteiger partial charge in [-0.25, -0.2) is 0 Å². The van der Waals surface area contributed by atoms with Crippen LogP contribution in [-0.2, 0) is 0 Å². The van der Waals surface area contributed by atoms with E-state index in [1.54, 1.807) is 0 Å². The zero-order chi connectivity index (χ0) is 13.9. The van der Waals surface area contributed by atoms with Crippen LogP contribution >= 0.6 is 22.6 Å². The van der Waals surface area contributed by atoms with Gasteiger partial charge in [0.15, 0.2) is 0 Å². The molecular weight excluding hydrogens is 347 g/mol. The number of nitrogens with one attached hydrogen (secondary N) is 1. The highest BCUT2D eigenvalue weighted by atomic mass is 127. The van der Waals surface area contributed by atoms with Crippen LogP contribution in [-0.4, -0.2) is 31.1 Å². The molecule has 0 aromatic heterocycles. The van der Waals surface area contributed by atoms with E-state index in [9.17, 15) is 0 Å². The number of halogens is 1. The third-order valence-corrected chi connectivity index (χ3v) is 5.31. The van der Waals surface area contributed by atoms with E-state index in [-0.39, 0.29) is 0 Å². The molecule has 1 aromatic rings. The standard InChI is InChI=1S/C16H25IN2/c1-13(14-6-8-15(17)9-7-14)18-12-16(19(2)3)10-4-5-11-16/h6-9,13,18H,4-5,10-12H2,1-3H3. The summed E-state index contributed by atoms with van der Waals surface area (Å²) < 4.78 is 1.30. The smallest absolute Gasteiger partial charge is 0.0328 e. The summed E-state index contributed by atoms with van der Waals surface area (Å²) in [6.45, 7) is 3.35. The van der Waals surface area contributed by atoms with Crippen LogP contribution in [0.1, 0.15) is 44.2 Å². The fourth-order valence-corrected chi connectivity index (χ4v) is 3.39. The highest BCUT2D eigenvalue weighted by Gasteiger charge is 2.35. The summed E-state index contributed by atoms with van der Waals surface area (Å²) in [6, 6.07) is 9.26. The molecule has 1 saturated carbocycles. The van der Waals surface area contributed by atoms with Gasteiger partial charge in [0.05, 0.1) is 0 Å². The molecule has 0 amide bonds. The van der Waals surface area contributed by atoms with E-state index in [2.05, 4.69) is 78.1 Å². The maximum absolute atomic E-state index is 3.74. The molecule has 2 rings (SSSR count). The second-order valence-electron chi connectivity index (χ2n) is 5.98. The molecule has 0 heterocycles. The minimum Gasteiger partial charge on any atom is -0.308 e. The molecule has 0 saturated heterocycles. The number of hydrogen-bond acceptors (Lipinski definition) is 2. The lowest BCUT2D eigenvalue weighted by Crippen LogP contribution is -2.50. The maximum Gasteiger partial charge on any atom is 0.0328 e. The Hall–Kier alpha value is -0.130. The Balaban J connectivity index is 1.95. The number of rotatable bonds is 5. The highest BCUT2D eigenvalue weighted by molar-refractivity contribution is 14.1. The first-order valence-electron chi connectivity index (χ1n) is 7.20. The Bertz CT molecular complexity index is 394. The number of hydrogen-bond donors (Lipinski definition) is 1. The van der Waals surface area contributed by atoms with Crippen molar-refractivity contribution in [1.29, 1.82) is 0 Å². The van der Waals surface area contributed by atoms with Gasteiger partial charge in [0.2, 0.25) is 0 Å².